The van der Waals surface area contributed by atoms with Gasteiger partial charge in [-0.15, -0.1) is 0 Å². The molecule has 26 heavy (non-hydrogen) atoms. The number of anilines is 2. The molecule has 4 N–H and O–H groups in total. The van der Waals surface area contributed by atoms with Crippen LogP contribution >= 0.6 is 0 Å². The summed E-state index contributed by atoms with van der Waals surface area (Å²) in [6.07, 6.45) is 1.99. The Morgan fingerprint density at radius 2 is 1.38 bits per heavy atom. The Hall–Kier alpha value is -3.47. The Bertz CT molecular complexity index is 861. The number of nitrogens with one attached hydrogen (secondary N) is 4. The van der Waals surface area contributed by atoms with Gasteiger partial charge in [-0.05, 0) is 17.2 Å². The summed E-state index contributed by atoms with van der Waals surface area (Å²) in [4.78, 5) is 3.30. The van der Waals surface area contributed by atoms with Gasteiger partial charge in [0, 0.05) is 31.0 Å². The van der Waals surface area contributed by atoms with E-state index in [2.05, 4.69) is 56.1 Å². The highest BCUT2D eigenvalue weighted by Gasteiger charge is 2.03. The Morgan fingerprint density at radius 3 is 2.12 bits per heavy atom. The first-order valence-corrected chi connectivity index (χ1v) is 8.71. The van der Waals surface area contributed by atoms with Gasteiger partial charge in [0.2, 0.25) is 0 Å². The number of rotatable bonds is 7. The van der Waals surface area contributed by atoms with Crippen LogP contribution < -0.4 is 10.6 Å². The van der Waals surface area contributed by atoms with Crippen molar-refractivity contribution >= 4 is 11.5 Å². The van der Waals surface area contributed by atoms with E-state index in [1.807, 2.05) is 48.7 Å². The number of aromatic nitrogens is 3. The lowest BCUT2D eigenvalue weighted by atomic mass is 10.1. The molecule has 0 unspecified atom stereocenters. The van der Waals surface area contributed by atoms with Crippen molar-refractivity contribution in [3.05, 3.63) is 79.0 Å². The second-order valence-corrected chi connectivity index (χ2v) is 6.05. The van der Waals surface area contributed by atoms with Crippen LogP contribution in [-0.2, 0) is 0 Å². The molecule has 0 saturated carbocycles. The Morgan fingerprint density at radius 1 is 0.731 bits per heavy atom. The molecule has 0 fully saturated rings. The summed E-state index contributed by atoms with van der Waals surface area (Å²) in [6, 6.07) is 24.6. The van der Waals surface area contributed by atoms with Gasteiger partial charge in [0.05, 0.1) is 11.4 Å². The lowest BCUT2D eigenvalue weighted by molar-refractivity contribution is 1.03. The summed E-state index contributed by atoms with van der Waals surface area (Å²) in [5.41, 5.74) is 5.52. The van der Waals surface area contributed by atoms with Crippen LogP contribution in [0.4, 0.5) is 11.5 Å². The summed E-state index contributed by atoms with van der Waals surface area (Å²) in [5, 5.41) is 14.1. The zero-order valence-corrected chi connectivity index (χ0v) is 14.4. The molecular formula is C21H21N5. The fourth-order valence-corrected chi connectivity index (χ4v) is 2.86. The number of hydrogen-bond donors (Lipinski definition) is 4. The van der Waals surface area contributed by atoms with Gasteiger partial charge in [-0.1, -0.05) is 60.7 Å². The molecule has 0 amide bonds. The lowest BCUT2D eigenvalue weighted by Gasteiger charge is -2.04. The molecule has 0 radical (unpaired) electrons. The van der Waals surface area contributed by atoms with Crippen molar-refractivity contribution in [1.29, 1.82) is 0 Å². The van der Waals surface area contributed by atoms with Gasteiger partial charge >= 0.3 is 0 Å². The number of benzene rings is 2. The quantitative estimate of drug-likeness (QED) is 0.371. The van der Waals surface area contributed by atoms with Gasteiger partial charge in [-0.25, -0.2) is 0 Å². The maximum absolute atomic E-state index is 4.31. The van der Waals surface area contributed by atoms with E-state index in [9.17, 15) is 0 Å². The monoisotopic (exact) mass is 343 g/mol. The van der Waals surface area contributed by atoms with Crippen molar-refractivity contribution in [1.82, 2.24) is 15.2 Å². The normalized spacial score (nSPS) is 10.6. The minimum Gasteiger partial charge on any atom is -0.382 e. The fraction of sp³-hybridized carbons (Fsp3) is 0.0952. The molecule has 2 aromatic carbocycles. The van der Waals surface area contributed by atoms with Crippen LogP contribution in [0.1, 0.15) is 0 Å². The number of H-pyrrole nitrogens is 2. The molecule has 5 heteroatoms. The predicted molar refractivity (Wildman–Crippen MR) is 107 cm³/mol. The van der Waals surface area contributed by atoms with Crippen LogP contribution in [0.15, 0.2) is 79.0 Å². The van der Waals surface area contributed by atoms with Gasteiger partial charge in [-0.3, -0.25) is 5.10 Å². The molecule has 0 saturated heterocycles. The number of aromatic amines is 2. The first-order chi connectivity index (χ1) is 12.9. The molecular weight excluding hydrogens is 322 g/mol. The van der Waals surface area contributed by atoms with Gasteiger partial charge in [0.25, 0.3) is 0 Å². The third-order valence-corrected chi connectivity index (χ3v) is 4.19. The maximum atomic E-state index is 4.31. The highest BCUT2D eigenvalue weighted by Crippen LogP contribution is 2.21. The topological polar surface area (TPSA) is 68.5 Å². The van der Waals surface area contributed by atoms with Gasteiger partial charge in [0.1, 0.15) is 5.82 Å². The van der Waals surface area contributed by atoms with E-state index in [1.165, 1.54) is 5.56 Å². The van der Waals surface area contributed by atoms with Crippen molar-refractivity contribution in [2.75, 3.05) is 23.7 Å². The van der Waals surface area contributed by atoms with E-state index in [0.29, 0.717) is 0 Å². The van der Waals surface area contributed by atoms with Crippen LogP contribution in [0.25, 0.3) is 22.5 Å². The van der Waals surface area contributed by atoms with Crippen LogP contribution in [0.2, 0.25) is 0 Å². The van der Waals surface area contributed by atoms with Crippen molar-refractivity contribution in [3.63, 3.8) is 0 Å². The Labute approximate surface area is 152 Å². The largest absolute Gasteiger partial charge is 0.382 e. The Balaban J connectivity index is 1.27. The van der Waals surface area contributed by atoms with Gasteiger partial charge in [0.15, 0.2) is 0 Å². The van der Waals surface area contributed by atoms with Gasteiger partial charge < -0.3 is 15.6 Å². The molecule has 0 aliphatic carbocycles. The summed E-state index contributed by atoms with van der Waals surface area (Å²) in [6.45, 7) is 1.59. The SMILES string of the molecule is c1ccc(-c2cc(NCCNc3cc(-c4ccccc4)[nH]n3)c[nH]2)cc1. The minimum atomic E-state index is 0.783. The van der Waals surface area contributed by atoms with Crippen LogP contribution in [0.5, 0.6) is 0 Å². The summed E-state index contributed by atoms with van der Waals surface area (Å²) < 4.78 is 0. The molecule has 0 atom stereocenters. The minimum absolute atomic E-state index is 0.783. The highest BCUT2D eigenvalue weighted by molar-refractivity contribution is 5.65. The van der Waals surface area contributed by atoms with Crippen molar-refractivity contribution in [2.45, 2.75) is 0 Å². The summed E-state index contributed by atoms with van der Waals surface area (Å²) in [7, 11) is 0. The average molecular weight is 343 g/mol. The van der Waals surface area contributed by atoms with Crippen LogP contribution in [0.3, 0.4) is 0 Å². The third kappa shape index (κ3) is 3.78. The number of hydrogen-bond acceptors (Lipinski definition) is 3. The molecule has 0 aliphatic rings. The summed E-state index contributed by atoms with van der Waals surface area (Å²) in [5.74, 6) is 0.852. The van der Waals surface area contributed by atoms with E-state index in [-0.39, 0.29) is 0 Å². The van der Waals surface area contributed by atoms with E-state index >= 15 is 0 Å². The highest BCUT2D eigenvalue weighted by atomic mass is 15.2. The first-order valence-electron chi connectivity index (χ1n) is 8.71. The zero-order chi connectivity index (χ0) is 17.6. The molecule has 2 aromatic heterocycles. The van der Waals surface area contributed by atoms with Crippen molar-refractivity contribution < 1.29 is 0 Å². The molecule has 0 spiro atoms. The molecule has 130 valence electrons. The standard InChI is InChI=1S/C21H21N5/c1-3-7-16(8-4-1)19-13-18(15-24-19)22-11-12-23-21-14-20(25-26-21)17-9-5-2-6-10-17/h1-10,13-15,22,24H,11-12H2,(H2,23,25,26). The maximum Gasteiger partial charge on any atom is 0.148 e. The molecule has 0 bridgehead atoms. The van der Waals surface area contributed by atoms with E-state index in [1.54, 1.807) is 0 Å². The first kappa shape index (κ1) is 16.0. The zero-order valence-electron chi connectivity index (χ0n) is 14.4. The van der Waals surface area contributed by atoms with E-state index in [4.69, 9.17) is 0 Å². The Kier molecular flexibility index (Phi) is 4.69. The van der Waals surface area contributed by atoms with E-state index in [0.717, 1.165) is 41.5 Å². The van der Waals surface area contributed by atoms with Crippen molar-refractivity contribution in [3.8, 4) is 22.5 Å². The molecule has 5 nitrogen and oxygen atoms in total. The average Bonchev–Trinajstić information content (AvgIpc) is 3.37. The second kappa shape index (κ2) is 7.61. The fourth-order valence-electron chi connectivity index (χ4n) is 2.86. The van der Waals surface area contributed by atoms with Crippen molar-refractivity contribution in [2.24, 2.45) is 0 Å². The molecule has 2 heterocycles. The van der Waals surface area contributed by atoms with Crippen LogP contribution in [-0.4, -0.2) is 28.3 Å². The van der Waals surface area contributed by atoms with Gasteiger partial charge in [-0.2, -0.15) is 5.10 Å². The van der Waals surface area contributed by atoms with E-state index < -0.39 is 0 Å². The third-order valence-electron chi connectivity index (χ3n) is 4.19. The van der Waals surface area contributed by atoms with Crippen LogP contribution in [0, 0.1) is 0 Å². The molecule has 0 aliphatic heterocycles. The smallest absolute Gasteiger partial charge is 0.148 e. The summed E-state index contributed by atoms with van der Waals surface area (Å²) >= 11 is 0. The number of nitrogens with zero attached hydrogens (tertiary/aromatic N) is 1. The lowest BCUT2D eigenvalue weighted by Crippen LogP contribution is -2.13. The molecule has 4 aromatic rings. The second-order valence-electron chi connectivity index (χ2n) is 6.05. The molecule has 4 rings (SSSR count). The predicted octanol–water partition coefficient (Wildman–Crippen LogP) is 4.60.